The summed E-state index contributed by atoms with van der Waals surface area (Å²) in [6.45, 7) is 0. The minimum Gasteiger partial charge on any atom is -0.456 e. The lowest BCUT2D eigenvalue weighted by atomic mass is 9.67. The number of hydrogen-bond acceptors (Lipinski definition) is 1. The summed E-state index contributed by atoms with van der Waals surface area (Å²) >= 11 is 0. The van der Waals surface area contributed by atoms with Crippen LogP contribution in [-0.2, 0) is 5.41 Å². The fourth-order valence-electron chi connectivity index (χ4n) is 10.1. The van der Waals surface area contributed by atoms with Crippen molar-refractivity contribution >= 4 is 54.3 Å². The molecule has 0 bridgehead atoms. The van der Waals surface area contributed by atoms with E-state index in [1.807, 2.05) is 0 Å². The molecule has 0 saturated carbocycles. The van der Waals surface area contributed by atoms with Crippen molar-refractivity contribution < 1.29 is 4.42 Å². The van der Waals surface area contributed by atoms with Crippen molar-refractivity contribution in [2.45, 2.75) is 5.41 Å². The first-order valence-electron chi connectivity index (χ1n) is 19.4. The van der Waals surface area contributed by atoms with Crippen molar-refractivity contribution in [2.24, 2.45) is 0 Å². The van der Waals surface area contributed by atoms with Crippen molar-refractivity contribution in [3.8, 4) is 33.4 Å². The highest BCUT2D eigenvalue weighted by atomic mass is 16.3. The zero-order chi connectivity index (χ0) is 36.8. The van der Waals surface area contributed by atoms with Gasteiger partial charge in [-0.3, -0.25) is 0 Å². The predicted molar refractivity (Wildman–Crippen MR) is 234 cm³/mol. The third-order valence-corrected chi connectivity index (χ3v) is 12.3. The van der Waals surface area contributed by atoms with Crippen LogP contribution in [0.25, 0.3) is 87.6 Å². The second-order valence-electron chi connectivity index (χ2n) is 15.1. The molecule has 0 aliphatic heterocycles. The molecule has 0 radical (unpaired) electrons. The smallest absolute Gasteiger partial charge is 0.136 e. The standard InChI is InChI=1S/C55H34O/c1-4-17-35(18-5-1)51-42-25-12-14-27-44(42)52(45-28-15-13-26-43(45)51)46-32-31-39(40-23-10-11-24-41(40)46)36-33-48-54-50(34-36)56-49-30-16-29-47(53(49)54)55(48,37-19-6-2-7-20-37)38-21-8-3-9-22-38/h1-34H. The number of hydrogen-bond donors (Lipinski definition) is 0. The maximum absolute atomic E-state index is 6.75. The minimum atomic E-state index is -0.494. The number of benzene rings is 10. The van der Waals surface area contributed by atoms with Crippen molar-refractivity contribution in [1.29, 1.82) is 0 Å². The van der Waals surface area contributed by atoms with Crippen LogP contribution in [0.2, 0.25) is 0 Å². The van der Waals surface area contributed by atoms with Crippen LogP contribution in [0.4, 0.5) is 0 Å². The second kappa shape index (κ2) is 11.9. The van der Waals surface area contributed by atoms with Crippen LogP contribution in [0.5, 0.6) is 0 Å². The molecule has 56 heavy (non-hydrogen) atoms. The molecule has 12 rings (SSSR count). The Labute approximate surface area is 324 Å². The van der Waals surface area contributed by atoms with Gasteiger partial charge >= 0.3 is 0 Å². The Hall–Kier alpha value is -7.22. The van der Waals surface area contributed by atoms with Crippen LogP contribution in [0.15, 0.2) is 211 Å². The Morgan fingerprint density at radius 1 is 0.304 bits per heavy atom. The molecule has 1 heterocycles. The molecule has 0 atom stereocenters. The van der Waals surface area contributed by atoms with E-state index in [1.165, 1.54) is 93.2 Å². The van der Waals surface area contributed by atoms with Gasteiger partial charge in [-0.15, -0.1) is 0 Å². The molecule has 11 aromatic rings. The molecule has 1 aliphatic carbocycles. The topological polar surface area (TPSA) is 13.1 Å². The summed E-state index contributed by atoms with van der Waals surface area (Å²) in [4.78, 5) is 0. The van der Waals surface area contributed by atoms with E-state index >= 15 is 0 Å². The molecule has 1 aliphatic rings. The van der Waals surface area contributed by atoms with Crippen LogP contribution < -0.4 is 0 Å². The molecule has 10 aromatic carbocycles. The first kappa shape index (κ1) is 31.2. The zero-order valence-corrected chi connectivity index (χ0v) is 30.5. The summed E-state index contributed by atoms with van der Waals surface area (Å²) in [5, 5.41) is 9.91. The summed E-state index contributed by atoms with van der Waals surface area (Å²) in [5.41, 5.74) is 13.8. The third-order valence-electron chi connectivity index (χ3n) is 12.3. The average molecular weight is 711 g/mol. The lowest BCUT2D eigenvalue weighted by Gasteiger charge is -2.34. The summed E-state index contributed by atoms with van der Waals surface area (Å²) in [7, 11) is 0. The van der Waals surface area contributed by atoms with Crippen molar-refractivity contribution in [1.82, 2.24) is 0 Å². The zero-order valence-electron chi connectivity index (χ0n) is 30.5. The summed E-state index contributed by atoms with van der Waals surface area (Å²) in [6.07, 6.45) is 0. The van der Waals surface area contributed by atoms with Gasteiger partial charge in [-0.2, -0.15) is 0 Å². The highest BCUT2D eigenvalue weighted by Crippen LogP contribution is 2.58. The summed E-state index contributed by atoms with van der Waals surface area (Å²) in [5.74, 6) is 0. The van der Waals surface area contributed by atoms with E-state index < -0.39 is 5.41 Å². The van der Waals surface area contributed by atoms with Gasteiger partial charge < -0.3 is 4.42 Å². The molecule has 1 nitrogen and oxygen atoms in total. The molecule has 1 heteroatoms. The van der Waals surface area contributed by atoms with Gasteiger partial charge in [0.25, 0.3) is 0 Å². The van der Waals surface area contributed by atoms with Gasteiger partial charge in [0, 0.05) is 10.8 Å². The Balaban J connectivity index is 1.15. The fourth-order valence-corrected chi connectivity index (χ4v) is 10.1. The van der Waals surface area contributed by atoms with Crippen LogP contribution in [-0.4, -0.2) is 0 Å². The highest BCUT2D eigenvalue weighted by molar-refractivity contribution is 6.24. The Morgan fingerprint density at radius 2 is 0.786 bits per heavy atom. The lowest BCUT2D eigenvalue weighted by molar-refractivity contribution is 0.664. The average Bonchev–Trinajstić information content (AvgIpc) is 3.81. The van der Waals surface area contributed by atoms with E-state index in [0.29, 0.717) is 0 Å². The van der Waals surface area contributed by atoms with Crippen LogP contribution in [0.1, 0.15) is 22.3 Å². The lowest BCUT2D eigenvalue weighted by Crippen LogP contribution is -2.28. The molecule has 0 spiro atoms. The quantitative estimate of drug-likeness (QED) is 0.162. The highest BCUT2D eigenvalue weighted by Gasteiger charge is 2.46. The molecule has 0 unspecified atom stereocenters. The number of fused-ring (bicyclic) bond motifs is 3. The molecule has 0 saturated heterocycles. The maximum atomic E-state index is 6.75. The normalized spacial score (nSPS) is 13.1. The molecule has 260 valence electrons. The maximum Gasteiger partial charge on any atom is 0.136 e. The van der Waals surface area contributed by atoms with Gasteiger partial charge in [-0.1, -0.05) is 188 Å². The molecular formula is C55H34O. The molecule has 1 aromatic heterocycles. The van der Waals surface area contributed by atoms with Crippen molar-refractivity contribution in [3.05, 3.63) is 229 Å². The van der Waals surface area contributed by atoms with E-state index in [4.69, 9.17) is 4.42 Å². The van der Waals surface area contributed by atoms with E-state index in [2.05, 4.69) is 206 Å². The van der Waals surface area contributed by atoms with Gasteiger partial charge in [0.2, 0.25) is 0 Å². The summed E-state index contributed by atoms with van der Waals surface area (Å²) in [6, 6.07) is 75.7. The van der Waals surface area contributed by atoms with Gasteiger partial charge in [0.1, 0.15) is 11.2 Å². The second-order valence-corrected chi connectivity index (χ2v) is 15.1. The Kier molecular flexibility index (Phi) is 6.62. The van der Waals surface area contributed by atoms with Crippen molar-refractivity contribution in [3.63, 3.8) is 0 Å². The van der Waals surface area contributed by atoms with Gasteiger partial charge in [0.15, 0.2) is 0 Å². The van der Waals surface area contributed by atoms with Crippen molar-refractivity contribution in [2.75, 3.05) is 0 Å². The first-order chi connectivity index (χ1) is 27.8. The third kappa shape index (κ3) is 4.20. The number of furan rings is 1. The first-order valence-corrected chi connectivity index (χ1v) is 19.4. The fraction of sp³-hybridized carbons (Fsp3) is 0.0182. The van der Waals surface area contributed by atoms with Gasteiger partial charge in [-0.05, 0) is 106 Å². The SMILES string of the molecule is c1ccc(-c2c3ccccc3c(-c3ccc(-c4cc5c6c(c4)oc4cccc(c46)C5(c4ccccc4)c4ccccc4)c4ccccc34)c3ccccc23)cc1. The van der Waals surface area contributed by atoms with E-state index in [1.54, 1.807) is 0 Å². The summed E-state index contributed by atoms with van der Waals surface area (Å²) < 4.78 is 6.75. The van der Waals surface area contributed by atoms with Crippen LogP contribution in [0, 0.1) is 0 Å². The van der Waals surface area contributed by atoms with Crippen LogP contribution >= 0.6 is 0 Å². The molecule has 0 N–H and O–H groups in total. The van der Waals surface area contributed by atoms with Gasteiger partial charge in [-0.25, -0.2) is 0 Å². The number of rotatable bonds is 5. The van der Waals surface area contributed by atoms with Crippen LogP contribution in [0.3, 0.4) is 0 Å². The Morgan fingerprint density at radius 3 is 1.39 bits per heavy atom. The monoisotopic (exact) mass is 710 g/mol. The van der Waals surface area contributed by atoms with E-state index in [-0.39, 0.29) is 0 Å². The van der Waals surface area contributed by atoms with E-state index in [9.17, 15) is 0 Å². The molecule has 0 fully saturated rings. The molecule has 0 amide bonds. The van der Waals surface area contributed by atoms with E-state index in [0.717, 1.165) is 16.7 Å². The predicted octanol–water partition coefficient (Wildman–Crippen LogP) is 14.7. The molecular weight excluding hydrogens is 677 g/mol. The largest absolute Gasteiger partial charge is 0.456 e. The minimum absolute atomic E-state index is 0.494. The van der Waals surface area contributed by atoms with Gasteiger partial charge in [0.05, 0.1) is 5.41 Å². The Bertz CT molecular complexity index is 3240.